The molecule has 29 heavy (non-hydrogen) atoms. The van der Waals surface area contributed by atoms with E-state index in [0.717, 1.165) is 11.1 Å². The number of alkyl carbamates (subject to hydrolysis) is 1. The van der Waals surface area contributed by atoms with Crippen LogP contribution in [0.15, 0.2) is 29.2 Å². The number of pyridine rings is 1. The zero-order valence-electron chi connectivity index (χ0n) is 17.4. The normalized spacial score (nSPS) is 11.4. The van der Waals surface area contributed by atoms with Crippen LogP contribution in [-0.4, -0.2) is 47.0 Å². The first-order valence-electron chi connectivity index (χ1n) is 9.69. The molecular weight excluding hydrogens is 374 g/mol. The highest BCUT2D eigenvalue weighted by Gasteiger charge is 2.16. The fourth-order valence-electron chi connectivity index (χ4n) is 2.94. The summed E-state index contributed by atoms with van der Waals surface area (Å²) in [4.78, 5) is 35.4. The van der Waals surface area contributed by atoms with Crippen LogP contribution in [-0.2, 0) is 17.7 Å². The van der Waals surface area contributed by atoms with E-state index in [9.17, 15) is 19.5 Å². The van der Waals surface area contributed by atoms with Crippen molar-refractivity contribution >= 4 is 23.0 Å². The number of amides is 1. The summed E-state index contributed by atoms with van der Waals surface area (Å²) in [6, 6.07) is 5.55. The number of nitrogens with one attached hydrogen (secondary N) is 2. The van der Waals surface area contributed by atoms with Crippen LogP contribution >= 0.6 is 0 Å². The van der Waals surface area contributed by atoms with E-state index in [0.29, 0.717) is 38.0 Å². The first kappa shape index (κ1) is 22.4. The second-order valence-corrected chi connectivity index (χ2v) is 7.74. The maximum atomic E-state index is 12.5. The molecule has 2 aromatic rings. The molecule has 0 aliphatic carbocycles. The average molecular weight is 403 g/mol. The molecule has 0 radical (unpaired) electrons. The Bertz CT molecular complexity index is 944. The van der Waals surface area contributed by atoms with Gasteiger partial charge >= 0.3 is 12.1 Å². The molecule has 0 atom stereocenters. The van der Waals surface area contributed by atoms with E-state index in [-0.39, 0.29) is 5.56 Å². The lowest BCUT2D eigenvalue weighted by Gasteiger charge is -2.19. The van der Waals surface area contributed by atoms with Gasteiger partial charge in [0.05, 0.1) is 5.52 Å². The van der Waals surface area contributed by atoms with E-state index < -0.39 is 23.1 Å². The summed E-state index contributed by atoms with van der Waals surface area (Å²) < 4.78 is 6.93. The van der Waals surface area contributed by atoms with Crippen LogP contribution in [0.1, 0.15) is 43.6 Å². The highest BCUT2D eigenvalue weighted by Crippen LogP contribution is 2.15. The standard InChI is InChI=1S/C21H29N3O5/c1-5-24-13-16(19(26)27)18(25)15-12-14(6-7-17(15)24)8-9-22-10-11-23-20(28)29-21(2,3)4/h6-7,12-13,22H,5,8-11H2,1-4H3,(H,23,28)(H,26,27). The molecule has 0 aliphatic rings. The molecule has 0 saturated heterocycles. The molecule has 0 unspecified atom stereocenters. The first-order valence-corrected chi connectivity index (χ1v) is 9.69. The third-order valence-corrected chi connectivity index (χ3v) is 4.28. The predicted octanol–water partition coefficient (Wildman–Crippen LogP) is 2.38. The Balaban J connectivity index is 1.94. The molecule has 1 heterocycles. The van der Waals surface area contributed by atoms with Gasteiger partial charge in [-0.25, -0.2) is 9.59 Å². The quantitative estimate of drug-likeness (QED) is 0.584. The van der Waals surface area contributed by atoms with Crippen molar-refractivity contribution in [3.8, 4) is 0 Å². The van der Waals surface area contributed by atoms with Gasteiger partial charge < -0.3 is 25.0 Å². The van der Waals surface area contributed by atoms with Crippen molar-refractivity contribution in [3.05, 3.63) is 45.7 Å². The van der Waals surface area contributed by atoms with Crippen LogP contribution in [0.5, 0.6) is 0 Å². The third-order valence-electron chi connectivity index (χ3n) is 4.28. The fraction of sp³-hybridized carbons (Fsp3) is 0.476. The Morgan fingerprint density at radius 2 is 1.90 bits per heavy atom. The lowest BCUT2D eigenvalue weighted by molar-refractivity contribution is 0.0527. The molecule has 1 amide bonds. The number of ether oxygens (including phenoxy) is 1. The van der Waals surface area contributed by atoms with Crippen LogP contribution < -0.4 is 16.1 Å². The molecule has 8 nitrogen and oxygen atoms in total. The van der Waals surface area contributed by atoms with Crippen LogP contribution in [0.2, 0.25) is 0 Å². The van der Waals surface area contributed by atoms with Crippen LogP contribution in [0, 0.1) is 0 Å². The summed E-state index contributed by atoms with van der Waals surface area (Å²) in [7, 11) is 0. The van der Waals surface area contributed by atoms with Crippen molar-refractivity contribution in [3.63, 3.8) is 0 Å². The maximum Gasteiger partial charge on any atom is 0.407 e. The number of aryl methyl sites for hydroxylation is 1. The van der Waals surface area contributed by atoms with Crippen molar-refractivity contribution in [1.29, 1.82) is 0 Å². The van der Waals surface area contributed by atoms with Gasteiger partial charge in [0.15, 0.2) is 0 Å². The van der Waals surface area contributed by atoms with Crippen molar-refractivity contribution in [2.75, 3.05) is 19.6 Å². The van der Waals surface area contributed by atoms with Gasteiger partial charge in [0.2, 0.25) is 5.43 Å². The molecule has 1 aromatic carbocycles. The van der Waals surface area contributed by atoms with Crippen molar-refractivity contribution in [2.24, 2.45) is 0 Å². The topological polar surface area (TPSA) is 110 Å². The van der Waals surface area contributed by atoms with Gasteiger partial charge in [0, 0.05) is 31.2 Å². The highest BCUT2D eigenvalue weighted by atomic mass is 16.6. The molecule has 8 heteroatoms. The van der Waals surface area contributed by atoms with Gasteiger partial charge in [-0.2, -0.15) is 0 Å². The highest BCUT2D eigenvalue weighted by molar-refractivity contribution is 5.92. The number of hydrogen-bond acceptors (Lipinski definition) is 5. The molecule has 158 valence electrons. The monoisotopic (exact) mass is 403 g/mol. The second-order valence-electron chi connectivity index (χ2n) is 7.74. The minimum atomic E-state index is -1.22. The molecule has 0 saturated carbocycles. The Kier molecular flexibility index (Phi) is 7.39. The number of carbonyl (C=O) groups is 2. The zero-order valence-corrected chi connectivity index (χ0v) is 17.4. The summed E-state index contributed by atoms with van der Waals surface area (Å²) in [5.41, 5.74) is 0.453. The molecule has 1 aromatic heterocycles. The number of carbonyl (C=O) groups excluding carboxylic acids is 1. The van der Waals surface area contributed by atoms with E-state index >= 15 is 0 Å². The van der Waals surface area contributed by atoms with Crippen molar-refractivity contribution < 1.29 is 19.4 Å². The summed E-state index contributed by atoms with van der Waals surface area (Å²) in [5, 5.41) is 15.6. The van der Waals surface area contributed by atoms with Gasteiger partial charge in [-0.15, -0.1) is 0 Å². The molecular formula is C21H29N3O5. The second kappa shape index (κ2) is 9.56. The maximum absolute atomic E-state index is 12.5. The number of aromatic carboxylic acids is 1. The number of nitrogens with zero attached hydrogens (tertiary/aromatic N) is 1. The molecule has 3 N–H and O–H groups in total. The van der Waals surface area contributed by atoms with Gasteiger partial charge in [-0.05, 0) is 58.4 Å². The SMILES string of the molecule is CCn1cc(C(=O)O)c(=O)c2cc(CCNCCNC(=O)OC(C)(C)C)ccc21. The minimum absolute atomic E-state index is 0.220. The predicted molar refractivity (Wildman–Crippen MR) is 112 cm³/mol. The number of fused-ring (bicyclic) bond motifs is 1. The molecule has 0 spiro atoms. The molecule has 0 bridgehead atoms. The fourth-order valence-corrected chi connectivity index (χ4v) is 2.94. The van der Waals surface area contributed by atoms with Crippen LogP contribution in [0.4, 0.5) is 4.79 Å². The number of carboxylic acids is 1. The van der Waals surface area contributed by atoms with Crippen LogP contribution in [0.25, 0.3) is 10.9 Å². The van der Waals surface area contributed by atoms with Gasteiger partial charge in [-0.1, -0.05) is 6.07 Å². The third kappa shape index (κ3) is 6.32. The molecule has 0 fully saturated rings. The van der Waals surface area contributed by atoms with Crippen molar-refractivity contribution in [1.82, 2.24) is 15.2 Å². The summed E-state index contributed by atoms with van der Waals surface area (Å²) in [5.74, 6) is -1.22. The Labute approximate surface area is 169 Å². The van der Waals surface area contributed by atoms with E-state index in [1.165, 1.54) is 6.20 Å². The van der Waals surface area contributed by atoms with Crippen molar-refractivity contribution in [2.45, 2.75) is 46.3 Å². The van der Waals surface area contributed by atoms with E-state index in [1.54, 1.807) is 10.6 Å². The van der Waals surface area contributed by atoms with Gasteiger partial charge in [0.1, 0.15) is 11.2 Å². The lowest BCUT2D eigenvalue weighted by atomic mass is 10.1. The summed E-state index contributed by atoms with van der Waals surface area (Å²) in [6.07, 6.45) is 1.62. The number of rotatable bonds is 8. The number of hydrogen-bond donors (Lipinski definition) is 3. The van der Waals surface area contributed by atoms with E-state index in [2.05, 4.69) is 10.6 Å². The molecule has 2 rings (SSSR count). The first-order chi connectivity index (χ1) is 13.6. The zero-order chi connectivity index (χ0) is 21.6. The largest absolute Gasteiger partial charge is 0.477 e. The van der Waals surface area contributed by atoms with Gasteiger partial charge in [0.25, 0.3) is 0 Å². The smallest absolute Gasteiger partial charge is 0.407 e. The summed E-state index contributed by atoms with van der Waals surface area (Å²) in [6.45, 7) is 9.58. The Morgan fingerprint density at radius 3 is 2.52 bits per heavy atom. The number of carboxylic acid groups (broad SMARTS) is 1. The Morgan fingerprint density at radius 1 is 1.17 bits per heavy atom. The number of benzene rings is 1. The molecule has 0 aliphatic heterocycles. The Hall–Kier alpha value is -2.87. The number of aromatic nitrogens is 1. The van der Waals surface area contributed by atoms with Crippen LogP contribution in [0.3, 0.4) is 0 Å². The van der Waals surface area contributed by atoms with Gasteiger partial charge in [-0.3, -0.25) is 4.79 Å². The van der Waals surface area contributed by atoms with E-state index in [4.69, 9.17) is 4.74 Å². The lowest BCUT2D eigenvalue weighted by Crippen LogP contribution is -2.36. The average Bonchev–Trinajstić information content (AvgIpc) is 2.63. The van der Waals surface area contributed by atoms with E-state index in [1.807, 2.05) is 39.8 Å². The minimum Gasteiger partial charge on any atom is -0.477 e. The summed E-state index contributed by atoms with van der Waals surface area (Å²) >= 11 is 0.